The van der Waals surface area contributed by atoms with Crippen molar-refractivity contribution in [3.8, 4) is 0 Å². The Kier molecular flexibility index (Phi) is 7.68. The second-order valence-electron chi connectivity index (χ2n) is 6.92. The molecule has 2 aromatic heterocycles. The van der Waals surface area contributed by atoms with E-state index in [1.54, 1.807) is 32.4 Å². The molecule has 0 bridgehead atoms. The van der Waals surface area contributed by atoms with Gasteiger partial charge in [0.2, 0.25) is 11.9 Å². The summed E-state index contributed by atoms with van der Waals surface area (Å²) in [5.74, 6) is 3.50. The van der Waals surface area contributed by atoms with Gasteiger partial charge in [-0.3, -0.25) is 4.79 Å². The molecule has 11 nitrogen and oxygen atoms in total. The number of benzene rings is 1. The Morgan fingerprint density at radius 1 is 0.875 bits per heavy atom. The Morgan fingerprint density at radius 3 is 2.06 bits per heavy atom. The number of nitrogens with one attached hydrogen (secondary N) is 3. The van der Waals surface area contributed by atoms with Crippen LogP contribution in [0.1, 0.15) is 45.6 Å². The van der Waals surface area contributed by atoms with Crippen LogP contribution in [0.25, 0.3) is 0 Å². The van der Waals surface area contributed by atoms with Gasteiger partial charge in [0, 0.05) is 32.5 Å². The molecule has 32 heavy (non-hydrogen) atoms. The number of nitrogens with zero attached hydrogens (tertiary/aromatic N) is 7. The highest BCUT2D eigenvalue weighted by atomic mass is 16.1. The summed E-state index contributed by atoms with van der Waals surface area (Å²) in [6, 6.07) is 7.09. The summed E-state index contributed by atoms with van der Waals surface area (Å²) in [7, 11) is 3.38. The number of carbonyl (C=O) groups excluding carboxylic acids is 1. The van der Waals surface area contributed by atoms with Gasteiger partial charge in [-0.25, -0.2) is 15.4 Å². The highest BCUT2D eigenvalue weighted by Gasteiger charge is 2.07. The van der Waals surface area contributed by atoms with Crippen molar-refractivity contribution in [2.75, 3.05) is 24.8 Å². The minimum absolute atomic E-state index is 0.132. The standard InChI is InChI=1S/C21H26N10O/c1-13-25-17(29-20(23-4)27-13)6-5-7-18-26-14(2)28-21(30-18)31-24-12-15-8-10-16(11-9-15)19(32)22-3/h8-12H,5-7H2,1-4H3,(H,22,32)(H,23,25,27,29)(H,26,28,30,31)/b24-12-. The largest absolute Gasteiger partial charge is 0.357 e. The predicted molar refractivity (Wildman–Crippen MR) is 122 cm³/mol. The average molecular weight is 435 g/mol. The number of hydrogen-bond acceptors (Lipinski definition) is 10. The van der Waals surface area contributed by atoms with Crippen molar-refractivity contribution in [3.63, 3.8) is 0 Å². The van der Waals surface area contributed by atoms with Crippen LogP contribution < -0.4 is 16.1 Å². The van der Waals surface area contributed by atoms with Gasteiger partial charge < -0.3 is 10.6 Å². The maximum atomic E-state index is 11.6. The number of hydrazone groups is 1. The number of rotatable bonds is 9. The lowest BCUT2D eigenvalue weighted by Crippen LogP contribution is -2.17. The fourth-order valence-corrected chi connectivity index (χ4v) is 2.89. The number of hydrogen-bond donors (Lipinski definition) is 3. The first-order valence-corrected chi connectivity index (χ1v) is 10.2. The Bertz CT molecular complexity index is 1100. The molecule has 0 aliphatic rings. The van der Waals surface area contributed by atoms with Crippen molar-refractivity contribution < 1.29 is 4.79 Å². The van der Waals surface area contributed by atoms with E-state index < -0.39 is 0 Å². The Morgan fingerprint density at radius 2 is 1.47 bits per heavy atom. The number of anilines is 2. The third-order valence-corrected chi connectivity index (χ3v) is 4.39. The van der Waals surface area contributed by atoms with Crippen LogP contribution in [0.4, 0.5) is 11.9 Å². The zero-order valence-corrected chi connectivity index (χ0v) is 18.5. The van der Waals surface area contributed by atoms with Crippen LogP contribution in [0.5, 0.6) is 0 Å². The summed E-state index contributed by atoms with van der Waals surface area (Å²) in [4.78, 5) is 37.6. The molecule has 11 heteroatoms. The molecule has 0 saturated carbocycles. The summed E-state index contributed by atoms with van der Waals surface area (Å²) in [5, 5.41) is 9.71. The van der Waals surface area contributed by atoms with E-state index in [-0.39, 0.29) is 5.91 Å². The Labute approximate surface area is 186 Å². The van der Waals surface area contributed by atoms with Crippen LogP contribution in [0.2, 0.25) is 0 Å². The van der Waals surface area contributed by atoms with Crippen molar-refractivity contribution >= 4 is 24.0 Å². The Hall–Kier alpha value is -4.02. The van der Waals surface area contributed by atoms with Crippen molar-refractivity contribution in [1.29, 1.82) is 0 Å². The van der Waals surface area contributed by atoms with E-state index >= 15 is 0 Å². The smallest absolute Gasteiger partial charge is 0.251 e. The minimum atomic E-state index is -0.132. The van der Waals surface area contributed by atoms with E-state index in [0.717, 1.165) is 17.8 Å². The molecule has 3 aromatic rings. The lowest BCUT2D eigenvalue weighted by atomic mass is 10.1. The van der Waals surface area contributed by atoms with E-state index in [1.165, 1.54) is 0 Å². The van der Waals surface area contributed by atoms with E-state index in [1.807, 2.05) is 26.0 Å². The van der Waals surface area contributed by atoms with Crippen LogP contribution in [0.15, 0.2) is 29.4 Å². The van der Waals surface area contributed by atoms with E-state index in [0.29, 0.717) is 47.8 Å². The normalized spacial score (nSPS) is 10.9. The quantitative estimate of drug-likeness (QED) is 0.338. The number of amides is 1. The van der Waals surface area contributed by atoms with Crippen LogP contribution in [0.3, 0.4) is 0 Å². The number of aryl methyl sites for hydroxylation is 4. The number of carbonyl (C=O) groups is 1. The molecule has 0 radical (unpaired) electrons. The molecule has 0 atom stereocenters. The van der Waals surface area contributed by atoms with E-state index in [2.05, 4.69) is 51.1 Å². The van der Waals surface area contributed by atoms with Gasteiger partial charge >= 0.3 is 0 Å². The fraction of sp³-hybridized carbons (Fsp3) is 0.333. The first-order valence-electron chi connectivity index (χ1n) is 10.2. The second kappa shape index (κ2) is 10.8. The summed E-state index contributed by atoms with van der Waals surface area (Å²) >= 11 is 0. The van der Waals surface area contributed by atoms with Crippen LogP contribution in [-0.4, -0.2) is 56.1 Å². The molecule has 0 aliphatic carbocycles. The van der Waals surface area contributed by atoms with Gasteiger partial charge in [-0.2, -0.15) is 25.0 Å². The molecular weight excluding hydrogens is 408 g/mol. The first kappa shape index (κ1) is 22.7. The first-order chi connectivity index (χ1) is 15.5. The van der Waals surface area contributed by atoms with Gasteiger partial charge in [-0.05, 0) is 38.0 Å². The number of aromatic nitrogens is 6. The summed E-state index contributed by atoms with van der Waals surface area (Å²) in [6.07, 6.45) is 3.77. The third-order valence-electron chi connectivity index (χ3n) is 4.39. The molecule has 3 N–H and O–H groups in total. The third kappa shape index (κ3) is 6.49. The molecule has 0 fully saturated rings. The molecule has 166 valence electrons. The molecule has 2 heterocycles. The molecule has 0 saturated heterocycles. The molecule has 3 rings (SSSR count). The van der Waals surface area contributed by atoms with Crippen molar-refractivity contribution in [1.82, 2.24) is 35.2 Å². The predicted octanol–water partition coefficient (Wildman–Crippen LogP) is 1.70. The molecule has 1 amide bonds. The van der Waals surface area contributed by atoms with Gasteiger partial charge in [-0.15, -0.1) is 0 Å². The summed E-state index contributed by atoms with van der Waals surface area (Å²) < 4.78 is 0. The van der Waals surface area contributed by atoms with Crippen LogP contribution >= 0.6 is 0 Å². The van der Waals surface area contributed by atoms with Crippen molar-refractivity contribution in [2.24, 2.45) is 5.10 Å². The van der Waals surface area contributed by atoms with Gasteiger partial charge in [0.05, 0.1) is 6.21 Å². The molecule has 0 aliphatic heterocycles. The zero-order chi connectivity index (χ0) is 22.9. The van der Waals surface area contributed by atoms with Crippen LogP contribution in [0, 0.1) is 13.8 Å². The monoisotopic (exact) mass is 434 g/mol. The van der Waals surface area contributed by atoms with Gasteiger partial charge in [-0.1, -0.05) is 12.1 Å². The second-order valence-corrected chi connectivity index (χ2v) is 6.92. The van der Waals surface area contributed by atoms with Crippen molar-refractivity contribution in [3.05, 3.63) is 58.7 Å². The lowest BCUT2D eigenvalue weighted by molar-refractivity contribution is 0.0963. The van der Waals surface area contributed by atoms with E-state index in [9.17, 15) is 4.79 Å². The zero-order valence-electron chi connectivity index (χ0n) is 18.5. The maximum absolute atomic E-state index is 11.6. The summed E-state index contributed by atoms with van der Waals surface area (Å²) in [5.41, 5.74) is 4.27. The molecule has 1 aromatic carbocycles. The van der Waals surface area contributed by atoms with Gasteiger partial charge in [0.1, 0.15) is 23.3 Å². The van der Waals surface area contributed by atoms with E-state index in [4.69, 9.17) is 0 Å². The maximum Gasteiger partial charge on any atom is 0.251 e. The Balaban J connectivity index is 1.57. The fourth-order valence-electron chi connectivity index (χ4n) is 2.89. The van der Waals surface area contributed by atoms with Gasteiger partial charge in [0.25, 0.3) is 5.91 Å². The highest BCUT2D eigenvalue weighted by molar-refractivity contribution is 5.94. The van der Waals surface area contributed by atoms with Gasteiger partial charge in [0.15, 0.2) is 0 Å². The van der Waals surface area contributed by atoms with Crippen molar-refractivity contribution in [2.45, 2.75) is 33.1 Å². The average Bonchev–Trinajstić information content (AvgIpc) is 2.78. The minimum Gasteiger partial charge on any atom is -0.357 e. The lowest BCUT2D eigenvalue weighted by Gasteiger charge is -2.06. The van der Waals surface area contributed by atoms with Crippen LogP contribution in [-0.2, 0) is 12.8 Å². The molecular formula is C21H26N10O. The highest BCUT2D eigenvalue weighted by Crippen LogP contribution is 2.08. The topological polar surface area (TPSA) is 143 Å². The molecule has 0 unspecified atom stereocenters. The summed E-state index contributed by atoms with van der Waals surface area (Å²) in [6.45, 7) is 3.65. The molecule has 0 spiro atoms. The SMILES string of the molecule is CNC(=O)c1ccc(/C=N\Nc2nc(C)nc(CCCc3nc(C)nc(NC)n3)n2)cc1.